The van der Waals surface area contributed by atoms with Gasteiger partial charge in [0.15, 0.2) is 0 Å². The highest BCUT2D eigenvalue weighted by atomic mass is 16.6. The van der Waals surface area contributed by atoms with E-state index >= 15 is 0 Å². The smallest absolute Gasteiger partial charge is 0.314 e. The van der Waals surface area contributed by atoms with Crippen molar-refractivity contribution >= 4 is 11.7 Å². The van der Waals surface area contributed by atoms with Crippen molar-refractivity contribution in [2.45, 2.75) is 40.0 Å². The zero-order valence-corrected chi connectivity index (χ0v) is 11.9. The molecule has 0 saturated heterocycles. The first kappa shape index (κ1) is 15.1. The topological polar surface area (TPSA) is 69.4 Å². The average molecular weight is 265 g/mol. The van der Waals surface area contributed by atoms with Gasteiger partial charge in [0, 0.05) is 6.07 Å². The van der Waals surface area contributed by atoms with Crippen molar-refractivity contribution in [1.29, 1.82) is 0 Å². The summed E-state index contributed by atoms with van der Waals surface area (Å²) in [5.41, 5.74) is 0.440. The Labute approximate surface area is 112 Å². The summed E-state index contributed by atoms with van der Waals surface area (Å²) in [5, 5.41) is 11.1. The monoisotopic (exact) mass is 265 g/mol. The maximum absolute atomic E-state index is 11.5. The average Bonchev–Trinajstić information content (AvgIpc) is 2.27. The molecule has 0 bridgehead atoms. The second-order valence-corrected chi connectivity index (χ2v) is 5.77. The minimum Gasteiger partial charge on any atom is -0.419 e. The van der Waals surface area contributed by atoms with Crippen LogP contribution >= 0.6 is 0 Å². The van der Waals surface area contributed by atoms with Crippen LogP contribution in [0.3, 0.4) is 0 Å². The van der Waals surface area contributed by atoms with Crippen molar-refractivity contribution < 1.29 is 14.5 Å². The van der Waals surface area contributed by atoms with Crippen molar-refractivity contribution in [2.75, 3.05) is 0 Å². The fourth-order valence-electron chi connectivity index (χ4n) is 1.44. The molecular weight excluding hydrogens is 246 g/mol. The van der Waals surface area contributed by atoms with Crippen LogP contribution in [-0.2, 0) is 10.2 Å². The third-order valence-electron chi connectivity index (χ3n) is 2.70. The maximum atomic E-state index is 11.5. The second kappa shape index (κ2) is 5.38. The number of nitro benzene ring substituents is 1. The Morgan fingerprint density at radius 3 is 2.32 bits per heavy atom. The minimum absolute atomic E-state index is 0.00306. The molecule has 0 fully saturated rings. The molecule has 104 valence electrons. The van der Waals surface area contributed by atoms with Gasteiger partial charge in [-0.1, -0.05) is 40.7 Å². The van der Waals surface area contributed by atoms with Crippen LogP contribution in [0.2, 0.25) is 0 Å². The summed E-state index contributed by atoms with van der Waals surface area (Å²) in [5.74, 6) is -0.815. The Hall–Kier alpha value is -1.91. The van der Waals surface area contributed by atoms with E-state index in [0.29, 0.717) is 0 Å². The Balaban J connectivity index is 3.20. The first-order valence-corrected chi connectivity index (χ1v) is 6.13. The van der Waals surface area contributed by atoms with E-state index in [0.717, 1.165) is 5.56 Å². The summed E-state index contributed by atoms with van der Waals surface area (Å²) >= 11 is 0. The minimum atomic E-state index is -0.530. The number of rotatable bonds is 3. The van der Waals surface area contributed by atoms with E-state index in [1.165, 1.54) is 12.1 Å². The molecule has 0 radical (unpaired) electrons. The van der Waals surface area contributed by atoms with Gasteiger partial charge in [0.1, 0.15) is 0 Å². The largest absolute Gasteiger partial charge is 0.419 e. The molecule has 0 N–H and O–H groups in total. The molecule has 1 rings (SSSR count). The van der Waals surface area contributed by atoms with Crippen LogP contribution in [0.15, 0.2) is 18.2 Å². The Morgan fingerprint density at radius 1 is 1.32 bits per heavy atom. The number of carbonyl (C=O) groups excluding carboxylic acids is 1. The Kier molecular flexibility index (Phi) is 4.29. The predicted molar refractivity (Wildman–Crippen MR) is 72.3 cm³/mol. The van der Waals surface area contributed by atoms with Gasteiger partial charge < -0.3 is 4.74 Å². The van der Waals surface area contributed by atoms with Crippen molar-refractivity contribution in [3.63, 3.8) is 0 Å². The summed E-state index contributed by atoms with van der Waals surface area (Å²) in [6.45, 7) is 9.25. The molecule has 1 aromatic carbocycles. The number of carbonyl (C=O) groups is 1. The number of hydrogen-bond acceptors (Lipinski definition) is 4. The van der Waals surface area contributed by atoms with E-state index in [-0.39, 0.29) is 22.8 Å². The van der Waals surface area contributed by atoms with E-state index in [9.17, 15) is 14.9 Å². The SMILES string of the molecule is CC(C)C(=O)Oc1ccc(C(C)(C)C)cc1[N+](=O)[O-]. The van der Waals surface area contributed by atoms with Crippen LogP contribution in [0, 0.1) is 16.0 Å². The fourth-order valence-corrected chi connectivity index (χ4v) is 1.44. The lowest BCUT2D eigenvalue weighted by atomic mass is 9.87. The number of esters is 1. The van der Waals surface area contributed by atoms with Gasteiger partial charge in [-0.25, -0.2) is 0 Å². The van der Waals surface area contributed by atoms with Gasteiger partial charge >= 0.3 is 11.7 Å². The summed E-state index contributed by atoms with van der Waals surface area (Å²) in [6, 6.07) is 4.69. The molecule has 19 heavy (non-hydrogen) atoms. The molecule has 0 aliphatic heterocycles. The molecule has 5 nitrogen and oxygen atoms in total. The standard InChI is InChI=1S/C14H19NO4/c1-9(2)13(16)19-12-7-6-10(14(3,4)5)8-11(12)15(17)18/h6-9H,1-5H3. The number of nitrogens with zero attached hydrogens (tertiary/aromatic N) is 1. The third kappa shape index (κ3) is 3.77. The van der Waals surface area contributed by atoms with E-state index < -0.39 is 10.9 Å². The summed E-state index contributed by atoms with van der Waals surface area (Å²) in [4.78, 5) is 22.1. The van der Waals surface area contributed by atoms with E-state index in [1.807, 2.05) is 20.8 Å². The first-order chi connectivity index (χ1) is 8.62. The summed E-state index contributed by atoms with van der Waals surface area (Å²) in [7, 11) is 0. The second-order valence-electron chi connectivity index (χ2n) is 5.77. The lowest BCUT2D eigenvalue weighted by Crippen LogP contribution is -2.16. The van der Waals surface area contributed by atoms with Crippen molar-refractivity contribution in [3.05, 3.63) is 33.9 Å². The molecule has 0 aliphatic rings. The fraction of sp³-hybridized carbons (Fsp3) is 0.500. The zero-order chi connectivity index (χ0) is 14.8. The van der Waals surface area contributed by atoms with Crippen molar-refractivity contribution in [3.8, 4) is 5.75 Å². The van der Waals surface area contributed by atoms with Gasteiger partial charge in [-0.2, -0.15) is 0 Å². The van der Waals surface area contributed by atoms with Crippen LogP contribution in [0.1, 0.15) is 40.2 Å². The van der Waals surface area contributed by atoms with Crippen molar-refractivity contribution in [2.24, 2.45) is 5.92 Å². The molecular formula is C14H19NO4. The van der Waals surface area contributed by atoms with E-state index in [2.05, 4.69) is 0 Å². The highest BCUT2D eigenvalue weighted by molar-refractivity contribution is 5.75. The van der Waals surface area contributed by atoms with Gasteiger partial charge in [0.2, 0.25) is 5.75 Å². The molecule has 0 aliphatic carbocycles. The van der Waals surface area contributed by atoms with Crippen molar-refractivity contribution in [1.82, 2.24) is 0 Å². The van der Waals surface area contributed by atoms with Gasteiger partial charge in [-0.3, -0.25) is 14.9 Å². The third-order valence-corrected chi connectivity index (χ3v) is 2.70. The molecule has 0 atom stereocenters. The lowest BCUT2D eigenvalue weighted by molar-refractivity contribution is -0.385. The van der Waals surface area contributed by atoms with Crippen LogP contribution < -0.4 is 4.74 Å². The molecule has 0 aromatic heterocycles. The van der Waals surface area contributed by atoms with Crippen LogP contribution in [-0.4, -0.2) is 10.9 Å². The van der Waals surface area contributed by atoms with Crippen LogP contribution in [0.25, 0.3) is 0 Å². The van der Waals surface area contributed by atoms with Crippen LogP contribution in [0.4, 0.5) is 5.69 Å². The summed E-state index contributed by atoms with van der Waals surface area (Å²) < 4.78 is 5.06. The Bertz CT molecular complexity index is 501. The molecule has 5 heteroatoms. The normalized spacial score (nSPS) is 11.5. The Morgan fingerprint density at radius 2 is 1.89 bits per heavy atom. The van der Waals surface area contributed by atoms with Gasteiger partial charge in [-0.05, 0) is 17.0 Å². The molecule has 0 saturated carbocycles. The van der Waals surface area contributed by atoms with Crippen LogP contribution in [0.5, 0.6) is 5.75 Å². The zero-order valence-electron chi connectivity index (χ0n) is 11.9. The molecule has 0 heterocycles. The number of ether oxygens (including phenoxy) is 1. The lowest BCUT2D eigenvalue weighted by Gasteiger charge is -2.19. The highest BCUT2D eigenvalue weighted by Gasteiger charge is 2.23. The van der Waals surface area contributed by atoms with Gasteiger partial charge in [0.05, 0.1) is 10.8 Å². The van der Waals surface area contributed by atoms with Gasteiger partial charge in [0.25, 0.3) is 0 Å². The predicted octanol–water partition coefficient (Wildman–Crippen LogP) is 3.45. The number of nitro groups is 1. The number of benzene rings is 1. The molecule has 0 unspecified atom stereocenters. The van der Waals surface area contributed by atoms with E-state index in [1.54, 1.807) is 19.9 Å². The molecule has 0 amide bonds. The molecule has 1 aromatic rings. The highest BCUT2D eigenvalue weighted by Crippen LogP contribution is 2.33. The first-order valence-electron chi connectivity index (χ1n) is 6.13. The van der Waals surface area contributed by atoms with Gasteiger partial charge in [-0.15, -0.1) is 0 Å². The number of hydrogen-bond donors (Lipinski definition) is 0. The summed E-state index contributed by atoms with van der Waals surface area (Å²) in [6.07, 6.45) is 0. The quantitative estimate of drug-likeness (QED) is 0.363. The maximum Gasteiger partial charge on any atom is 0.314 e. The van der Waals surface area contributed by atoms with E-state index in [4.69, 9.17) is 4.74 Å². The molecule has 0 spiro atoms.